The van der Waals surface area contributed by atoms with Gasteiger partial charge in [-0.25, -0.2) is 0 Å². The van der Waals surface area contributed by atoms with Crippen molar-refractivity contribution in [1.29, 1.82) is 0 Å². The molecule has 3 aromatic carbocycles. The van der Waals surface area contributed by atoms with E-state index in [1.807, 2.05) is 56.3 Å². The predicted molar refractivity (Wildman–Crippen MR) is 127 cm³/mol. The summed E-state index contributed by atoms with van der Waals surface area (Å²) in [6.45, 7) is 4.07. The first-order valence-electron chi connectivity index (χ1n) is 10.5. The van der Waals surface area contributed by atoms with Crippen molar-refractivity contribution in [3.05, 3.63) is 98.5 Å². The molecule has 0 saturated carbocycles. The molecule has 6 heteroatoms. The van der Waals surface area contributed by atoms with Crippen LogP contribution in [0.5, 0.6) is 0 Å². The second-order valence-electron chi connectivity index (χ2n) is 8.61. The number of amides is 2. The Morgan fingerprint density at radius 3 is 2.47 bits per heavy atom. The lowest BCUT2D eigenvalue weighted by atomic mass is 9.59. The number of benzene rings is 3. The molecular weight excluding hydrogens is 443 g/mol. The maximum absolute atomic E-state index is 13.9. The molecule has 32 heavy (non-hydrogen) atoms. The van der Waals surface area contributed by atoms with Crippen LogP contribution in [0.3, 0.4) is 0 Å². The van der Waals surface area contributed by atoms with Gasteiger partial charge in [0, 0.05) is 28.1 Å². The Morgan fingerprint density at radius 2 is 1.69 bits per heavy atom. The summed E-state index contributed by atoms with van der Waals surface area (Å²) in [6, 6.07) is 18.4. The lowest BCUT2D eigenvalue weighted by Gasteiger charge is -2.47. The monoisotopic (exact) mass is 464 g/mol. The Morgan fingerprint density at radius 1 is 0.938 bits per heavy atom. The lowest BCUT2D eigenvalue weighted by Crippen LogP contribution is -2.57. The van der Waals surface area contributed by atoms with Gasteiger partial charge in [-0.05, 0) is 65.9 Å². The van der Waals surface area contributed by atoms with Crippen molar-refractivity contribution in [3.63, 3.8) is 0 Å². The van der Waals surface area contributed by atoms with Gasteiger partial charge < -0.3 is 10.6 Å². The van der Waals surface area contributed by atoms with Gasteiger partial charge in [0.05, 0.1) is 6.04 Å². The zero-order chi connectivity index (χ0) is 22.6. The first-order valence-corrected chi connectivity index (χ1v) is 11.3. The third kappa shape index (κ3) is 3.05. The molecule has 2 aliphatic heterocycles. The average Bonchev–Trinajstić information content (AvgIpc) is 3.03. The fourth-order valence-corrected chi connectivity index (χ4v) is 5.73. The molecule has 3 aromatic rings. The number of piperidine rings is 1. The third-order valence-electron chi connectivity index (χ3n) is 6.96. The molecule has 2 N–H and O–H groups in total. The third-order valence-corrected chi connectivity index (χ3v) is 7.43. The number of carbonyl (C=O) groups excluding carboxylic acids is 2. The van der Waals surface area contributed by atoms with Gasteiger partial charge in [0.25, 0.3) is 0 Å². The van der Waals surface area contributed by atoms with E-state index in [-0.39, 0.29) is 18.2 Å². The normalized spacial score (nSPS) is 24.2. The molecule has 2 amide bonds. The van der Waals surface area contributed by atoms with Gasteiger partial charge in [0.2, 0.25) is 11.8 Å². The highest BCUT2D eigenvalue weighted by molar-refractivity contribution is 6.31. The van der Waals surface area contributed by atoms with E-state index in [1.165, 1.54) is 0 Å². The molecule has 0 aromatic heterocycles. The Hall–Kier alpha value is -2.82. The van der Waals surface area contributed by atoms with Crippen molar-refractivity contribution < 1.29 is 9.59 Å². The molecule has 1 saturated heterocycles. The van der Waals surface area contributed by atoms with Gasteiger partial charge in [-0.2, -0.15) is 0 Å². The summed E-state index contributed by atoms with van der Waals surface area (Å²) >= 11 is 12.6. The number of aryl methyl sites for hydroxylation is 1. The Balaban J connectivity index is 1.83. The van der Waals surface area contributed by atoms with Crippen LogP contribution in [0.2, 0.25) is 10.0 Å². The number of hydrogen-bond donors (Lipinski definition) is 2. The second-order valence-corrected chi connectivity index (χ2v) is 9.49. The average molecular weight is 465 g/mol. The fourth-order valence-electron chi connectivity index (χ4n) is 5.36. The number of nitrogens with one attached hydrogen (secondary N) is 2. The van der Waals surface area contributed by atoms with E-state index in [0.29, 0.717) is 15.7 Å². The number of rotatable bonds is 2. The minimum atomic E-state index is -1.04. The van der Waals surface area contributed by atoms with Gasteiger partial charge >= 0.3 is 0 Å². The van der Waals surface area contributed by atoms with Gasteiger partial charge in [-0.1, -0.05) is 59.6 Å². The van der Waals surface area contributed by atoms with Crippen LogP contribution in [0.15, 0.2) is 60.7 Å². The first-order chi connectivity index (χ1) is 15.3. The van der Waals surface area contributed by atoms with Crippen molar-refractivity contribution in [2.24, 2.45) is 0 Å². The summed E-state index contributed by atoms with van der Waals surface area (Å²) in [5.74, 6) is -0.644. The van der Waals surface area contributed by atoms with E-state index in [2.05, 4.69) is 10.6 Å². The molecule has 162 valence electrons. The zero-order valence-electron chi connectivity index (χ0n) is 17.7. The van der Waals surface area contributed by atoms with Crippen LogP contribution in [0.1, 0.15) is 46.2 Å². The topological polar surface area (TPSA) is 58.2 Å². The summed E-state index contributed by atoms with van der Waals surface area (Å²) in [5, 5.41) is 7.34. The number of fused-ring (bicyclic) bond motifs is 2. The van der Waals surface area contributed by atoms with E-state index in [1.54, 1.807) is 18.2 Å². The van der Waals surface area contributed by atoms with Crippen LogP contribution < -0.4 is 10.6 Å². The zero-order valence-corrected chi connectivity index (χ0v) is 19.2. The molecule has 1 spiro atoms. The van der Waals surface area contributed by atoms with Crippen LogP contribution >= 0.6 is 23.2 Å². The molecule has 2 heterocycles. The minimum Gasteiger partial charge on any atom is -0.348 e. The molecule has 0 bridgehead atoms. The van der Waals surface area contributed by atoms with Gasteiger partial charge in [0.15, 0.2) is 0 Å². The van der Waals surface area contributed by atoms with E-state index >= 15 is 0 Å². The highest BCUT2D eigenvalue weighted by Gasteiger charge is 2.61. The Kier molecular flexibility index (Phi) is 5.03. The van der Waals surface area contributed by atoms with Crippen LogP contribution in [-0.2, 0) is 15.0 Å². The maximum atomic E-state index is 13.9. The molecule has 0 aliphatic carbocycles. The molecule has 3 atom stereocenters. The number of hydrogen-bond acceptors (Lipinski definition) is 2. The van der Waals surface area contributed by atoms with Crippen molar-refractivity contribution in [2.75, 3.05) is 5.32 Å². The lowest BCUT2D eigenvalue weighted by molar-refractivity contribution is -0.131. The van der Waals surface area contributed by atoms with Crippen LogP contribution in [0, 0.1) is 13.8 Å². The fraction of sp³-hybridized carbons (Fsp3) is 0.231. The van der Waals surface area contributed by atoms with E-state index in [9.17, 15) is 9.59 Å². The summed E-state index contributed by atoms with van der Waals surface area (Å²) < 4.78 is 0. The smallest absolute Gasteiger partial charge is 0.238 e. The van der Waals surface area contributed by atoms with E-state index < -0.39 is 17.4 Å². The largest absolute Gasteiger partial charge is 0.348 e. The molecule has 3 unspecified atom stereocenters. The molecule has 5 rings (SSSR count). The highest BCUT2D eigenvalue weighted by Crippen LogP contribution is 2.58. The number of anilines is 1. The molecule has 4 nitrogen and oxygen atoms in total. The van der Waals surface area contributed by atoms with Crippen LogP contribution in [0.4, 0.5) is 5.69 Å². The van der Waals surface area contributed by atoms with Crippen molar-refractivity contribution in [2.45, 2.75) is 37.6 Å². The summed E-state index contributed by atoms with van der Waals surface area (Å²) in [4.78, 5) is 27.0. The molecule has 1 fully saturated rings. The molecule has 0 radical (unpaired) electrons. The molecular formula is C26H22Cl2N2O2. The van der Waals surface area contributed by atoms with Crippen LogP contribution in [0.25, 0.3) is 0 Å². The van der Waals surface area contributed by atoms with Crippen LogP contribution in [-0.4, -0.2) is 11.8 Å². The Labute approximate surface area is 196 Å². The predicted octanol–water partition coefficient (Wildman–Crippen LogP) is 5.85. The molecule has 2 aliphatic rings. The minimum absolute atomic E-state index is 0.0956. The summed E-state index contributed by atoms with van der Waals surface area (Å²) in [7, 11) is 0. The van der Waals surface area contributed by atoms with Crippen molar-refractivity contribution in [3.8, 4) is 0 Å². The summed E-state index contributed by atoms with van der Waals surface area (Å²) in [5.41, 5.74) is 4.43. The van der Waals surface area contributed by atoms with Gasteiger partial charge in [-0.15, -0.1) is 0 Å². The SMILES string of the molecule is Cc1cccc(C2NC(=O)CC(c3cccc(Cl)c3)C23C(=O)Nc2cc(Cl)ccc23)c1C. The summed E-state index contributed by atoms with van der Waals surface area (Å²) in [6.07, 6.45) is 0.178. The highest BCUT2D eigenvalue weighted by atomic mass is 35.5. The quantitative estimate of drug-likeness (QED) is 0.499. The standard InChI is InChI=1S/C26H22Cl2N2O2/c1-14-5-3-8-19(15(14)2)24-26(20-10-9-18(28)12-22(20)29-25(26)32)21(13-23(31)30-24)16-6-4-7-17(27)11-16/h3-12,21,24H,13H2,1-2H3,(H,29,32)(H,30,31). The van der Waals surface area contributed by atoms with E-state index in [0.717, 1.165) is 27.8 Å². The van der Waals surface area contributed by atoms with E-state index in [4.69, 9.17) is 23.2 Å². The number of halogens is 2. The second kappa shape index (κ2) is 7.65. The van der Waals surface area contributed by atoms with Gasteiger partial charge in [0.1, 0.15) is 5.41 Å². The van der Waals surface area contributed by atoms with Gasteiger partial charge in [-0.3, -0.25) is 9.59 Å². The maximum Gasteiger partial charge on any atom is 0.238 e. The van der Waals surface area contributed by atoms with Crippen molar-refractivity contribution in [1.82, 2.24) is 5.32 Å². The Bertz CT molecular complexity index is 1270. The first kappa shape index (κ1) is 21.0. The number of carbonyl (C=O) groups is 2. The van der Waals surface area contributed by atoms with Crippen molar-refractivity contribution >= 4 is 40.7 Å².